The average molecular weight is 178 g/mol. The Labute approximate surface area is 69.1 Å². The Kier molecular flexibility index (Phi) is 2.24. The van der Waals surface area contributed by atoms with Crippen molar-refractivity contribution in [2.75, 3.05) is 6.61 Å². The summed E-state index contributed by atoms with van der Waals surface area (Å²) in [6.07, 6.45) is 2.73. The maximum absolute atomic E-state index is 11.0. The molecule has 4 nitrogen and oxygen atoms in total. The van der Waals surface area contributed by atoms with Gasteiger partial charge in [-0.15, -0.1) is 0 Å². The van der Waals surface area contributed by atoms with Crippen LogP contribution in [0.4, 0.5) is 0 Å². The number of halogens is 1. The molecule has 1 N–H and O–H groups in total. The second-order valence-electron chi connectivity index (χ2n) is 1.88. The molecule has 1 aliphatic rings. The lowest BCUT2D eigenvalue weighted by Crippen LogP contribution is -2.44. The van der Waals surface area contributed by atoms with Crippen LogP contribution in [0.3, 0.4) is 0 Å². The predicted octanol–water partition coefficient (Wildman–Crippen LogP) is 0.533. The van der Waals surface area contributed by atoms with E-state index in [4.69, 9.17) is 16.3 Å². The molecule has 0 saturated carbocycles. The molecule has 1 heterocycles. The standard InChI is InChI=1S/C6H8ClNO3/c1-2-10-5(9)6(7)8-3-4-11-6/h3-4,8H,2H2,1H3. The van der Waals surface area contributed by atoms with E-state index < -0.39 is 11.2 Å². The third-order valence-corrected chi connectivity index (χ3v) is 1.46. The Morgan fingerprint density at radius 1 is 1.91 bits per heavy atom. The van der Waals surface area contributed by atoms with Crippen molar-refractivity contribution in [3.05, 3.63) is 12.5 Å². The van der Waals surface area contributed by atoms with Crippen molar-refractivity contribution < 1.29 is 14.3 Å². The molecule has 0 radical (unpaired) electrons. The molecular weight excluding hydrogens is 170 g/mol. The molecule has 1 aliphatic heterocycles. The van der Waals surface area contributed by atoms with E-state index in [-0.39, 0.29) is 6.61 Å². The summed E-state index contributed by atoms with van der Waals surface area (Å²) in [6, 6.07) is 0. The first kappa shape index (κ1) is 8.20. The molecule has 1 rings (SSSR count). The molecule has 0 aromatic carbocycles. The van der Waals surface area contributed by atoms with Gasteiger partial charge in [-0.2, -0.15) is 0 Å². The summed E-state index contributed by atoms with van der Waals surface area (Å²) in [7, 11) is 0. The van der Waals surface area contributed by atoms with Crippen LogP contribution < -0.4 is 5.32 Å². The van der Waals surface area contributed by atoms with Crippen LogP contribution in [-0.2, 0) is 14.3 Å². The number of hydrogen-bond donors (Lipinski definition) is 1. The Balaban J connectivity index is 2.51. The normalized spacial score (nSPS) is 27.5. The van der Waals surface area contributed by atoms with E-state index in [1.54, 1.807) is 6.92 Å². The van der Waals surface area contributed by atoms with Gasteiger partial charge in [0.15, 0.2) is 0 Å². The maximum atomic E-state index is 11.0. The quantitative estimate of drug-likeness (QED) is 0.380. The minimum absolute atomic E-state index is 0.276. The molecule has 0 aromatic rings. The topological polar surface area (TPSA) is 47.6 Å². The zero-order chi connectivity index (χ0) is 8.32. The summed E-state index contributed by atoms with van der Waals surface area (Å²) in [5.74, 6) is -0.633. The molecule has 5 heteroatoms. The van der Waals surface area contributed by atoms with Gasteiger partial charge in [-0.05, 0) is 18.5 Å². The van der Waals surface area contributed by atoms with Gasteiger partial charge in [-0.1, -0.05) is 0 Å². The lowest BCUT2D eigenvalue weighted by molar-refractivity contribution is -0.157. The number of alkyl halides is 1. The Hall–Kier alpha value is -0.900. The van der Waals surface area contributed by atoms with Gasteiger partial charge in [0.05, 0.1) is 6.61 Å². The molecule has 0 bridgehead atoms. The van der Waals surface area contributed by atoms with Crippen molar-refractivity contribution in [3.63, 3.8) is 0 Å². The first-order chi connectivity index (χ1) is 5.19. The van der Waals surface area contributed by atoms with E-state index in [9.17, 15) is 4.79 Å². The van der Waals surface area contributed by atoms with Gasteiger partial charge >= 0.3 is 11.2 Å². The van der Waals surface area contributed by atoms with Crippen molar-refractivity contribution in [2.45, 2.75) is 12.1 Å². The molecule has 0 spiro atoms. The highest BCUT2D eigenvalue weighted by Crippen LogP contribution is 2.19. The Bertz CT molecular complexity index is 184. The van der Waals surface area contributed by atoms with E-state index in [1.807, 2.05) is 0 Å². The summed E-state index contributed by atoms with van der Waals surface area (Å²) >= 11 is 5.63. The third kappa shape index (κ3) is 1.57. The van der Waals surface area contributed by atoms with Gasteiger partial charge in [0.1, 0.15) is 6.26 Å². The van der Waals surface area contributed by atoms with Crippen LogP contribution in [-0.4, -0.2) is 17.8 Å². The molecule has 0 fully saturated rings. The van der Waals surface area contributed by atoms with Crippen molar-refractivity contribution in [1.82, 2.24) is 5.32 Å². The van der Waals surface area contributed by atoms with Gasteiger partial charge < -0.3 is 14.8 Å². The molecule has 1 unspecified atom stereocenters. The Morgan fingerprint density at radius 3 is 3.09 bits per heavy atom. The van der Waals surface area contributed by atoms with Gasteiger partial charge in [0, 0.05) is 6.20 Å². The summed E-state index contributed by atoms with van der Waals surface area (Å²) < 4.78 is 9.38. The second-order valence-corrected chi connectivity index (χ2v) is 2.41. The van der Waals surface area contributed by atoms with Crippen molar-refractivity contribution >= 4 is 17.6 Å². The van der Waals surface area contributed by atoms with E-state index in [0.717, 1.165) is 0 Å². The third-order valence-electron chi connectivity index (χ3n) is 1.11. The monoisotopic (exact) mass is 177 g/mol. The largest absolute Gasteiger partial charge is 0.461 e. The zero-order valence-corrected chi connectivity index (χ0v) is 6.72. The smallest absolute Gasteiger partial charge is 0.389 e. The maximum Gasteiger partial charge on any atom is 0.389 e. The molecule has 0 amide bonds. The first-order valence-corrected chi connectivity index (χ1v) is 3.53. The molecule has 0 aliphatic carbocycles. The lowest BCUT2D eigenvalue weighted by Gasteiger charge is -2.18. The van der Waals surface area contributed by atoms with E-state index in [0.29, 0.717) is 0 Å². The second kappa shape index (κ2) is 3.00. The van der Waals surface area contributed by atoms with E-state index in [2.05, 4.69) is 10.1 Å². The minimum atomic E-state index is -1.55. The van der Waals surface area contributed by atoms with Crippen LogP contribution >= 0.6 is 11.6 Å². The van der Waals surface area contributed by atoms with Crippen LogP contribution in [0.1, 0.15) is 6.92 Å². The molecule has 11 heavy (non-hydrogen) atoms. The van der Waals surface area contributed by atoms with Gasteiger partial charge in [0.25, 0.3) is 0 Å². The number of esters is 1. The Morgan fingerprint density at radius 2 is 2.64 bits per heavy atom. The van der Waals surface area contributed by atoms with Crippen LogP contribution in [0.25, 0.3) is 0 Å². The highest BCUT2D eigenvalue weighted by atomic mass is 35.5. The number of ether oxygens (including phenoxy) is 2. The molecule has 1 atom stereocenters. The summed E-state index contributed by atoms with van der Waals surface area (Å²) in [5.41, 5.74) is 0. The van der Waals surface area contributed by atoms with E-state index >= 15 is 0 Å². The first-order valence-electron chi connectivity index (χ1n) is 3.15. The highest BCUT2D eigenvalue weighted by Gasteiger charge is 2.41. The van der Waals surface area contributed by atoms with Crippen LogP contribution in [0.15, 0.2) is 12.5 Å². The van der Waals surface area contributed by atoms with Crippen molar-refractivity contribution in [1.29, 1.82) is 0 Å². The molecular formula is C6H8ClNO3. The number of carbonyl (C=O) groups excluding carboxylic acids is 1. The number of carbonyl (C=O) groups is 1. The number of rotatable bonds is 2. The summed E-state index contributed by atoms with van der Waals surface area (Å²) in [5, 5.41) is 0.960. The summed E-state index contributed by atoms with van der Waals surface area (Å²) in [4.78, 5) is 11.0. The average Bonchev–Trinajstić information content (AvgIpc) is 2.38. The van der Waals surface area contributed by atoms with Gasteiger partial charge in [-0.25, -0.2) is 4.79 Å². The summed E-state index contributed by atoms with van der Waals surface area (Å²) in [6.45, 7) is 1.97. The van der Waals surface area contributed by atoms with Gasteiger partial charge in [0.2, 0.25) is 0 Å². The molecule has 0 saturated heterocycles. The SMILES string of the molecule is CCOC(=O)C1(Cl)NC=CO1. The molecule has 0 aromatic heterocycles. The van der Waals surface area contributed by atoms with Crippen LogP contribution in [0, 0.1) is 0 Å². The van der Waals surface area contributed by atoms with Crippen LogP contribution in [0.5, 0.6) is 0 Å². The van der Waals surface area contributed by atoms with Gasteiger partial charge in [-0.3, -0.25) is 0 Å². The fourth-order valence-electron chi connectivity index (χ4n) is 0.634. The zero-order valence-electron chi connectivity index (χ0n) is 5.96. The predicted molar refractivity (Wildman–Crippen MR) is 38.6 cm³/mol. The van der Waals surface area contributed by atoms with Crippen molar-refractivity contribution in [3.8, 4) is 0 Å². The number of nitrogens with one attached hydrogen (secondary N) is 1. The van der Waals surface area contributed by atoms with Crippen molar-refractivity contribution in [2.24, 2.45) is 0 Å². The molecule has 62 valence electrons. The van der Waals surface area contributed by atoms with E-state index in [1.165, 1.54) is 12.5 Å². The fourth-order valence-corrected chi connectivity index (χ4v) is 0.803. The lowest BCUT2D eigenvalue weighted by atomic mass is 10.5. The highest BCUT2D eigenvalue weighted by molar-refractivity contribution is 6.32. The fraction of sp³-hybridized carbons (Fsp3) is 0.500. The minimum Gasteiger partial charge on any atom is -0.461 e. The van der Waals surface area contributed by atoms with Crippen LogP contribution in [0.2, 0.25) is 0 Å². The number of hydrogen-bond acceptors (Lipinski definition) is 4.